The topological polar surface area (TPSA) is 99.3 Å². The van der Waals surface area contributed by atoms with Gasteiger partial charge in [-0.1, -0.05) is 30.3 Å². The van der Waals surface area contributed by atoms with Crippen molar-refractivity contribution in [2.24, 2.45) is 0 Å². The first-order valence-corrected chi connectivity index (χ1v) is 13.2. The fourth-order valence-corrected chi connectivity index (χ4v) is 5.94. The minimum absolute atomic E-state index is 0.0166. The molecular formula is C27H25N5O3S. The summed E-state index contributed by atoms with van der Waals surface area (Å²) in [4.78, 5) is 19.7. The van der Waals surface area contributed by atoms with Crippen LogP contribution >= 0.6 is 0 Å². The minimum Gasteiger partial charge on any atom is -0.340 e. The molecule has 2 heterocycles. The number of nitriles is 1. The van der Waals surface area contributed by atoms with Gasteiger partial charge in [0.15, 0.2) is 0 Å². The van der Waals surface area contributed by atoms with Gasteiger partial charge in [0, 0.05) is 44.7 Å². The summed E-state index contributed by atoms with van der Waals surface area (Å²) in [5, 5.41) is 8.94. The molecule has 3 aromatic carbocycles. The third kappa shape index (κ3) is 4.61. The number of amides is 1. The summed E-state index contributed by atoms with van der Waals surface area (Å²) in [6.45, 7) is 1.14. The number of hydrogen-bond acceptors (Lipinski definition) is 5. The number of nitrogens with zero attached hydrogens (tertiary/aromatic N) is 5. The zero-order chi connectivity index (χ0) is 25.1. The molecule has 0 bridgehead atoms. The van der Waals surface area contributed by atoms with E-state index in [4.69, 9.17) is 10.2 Å². The van der Waals surface area contributed by atoms with Crippen LogP contribution in [0.3, 0.4) is 0 Å². The van der Waals surface area contributed by atoms with E-state index >= 15 is 0 Å². The van der Waals surface area contributed by atoms with Gasteiger partial charge < -0.3 is 4.90 Å². The molecule has 36 heavy (non-hydrogen) atoms. The van der Waals surface area contributed by atoms with Crippen LogP contribution in [-0.4, -0.2) is 59.3 Å². The van der Waals surface area contributed by atoms with Gasteiger partial charge in [-0.05, 0) is 48.5 Å². The number of carbonyl (C=O) groups is 1. The summed E-state index contributed by atoms with van der Waals surface area (Å²) in [7, 11) is -3.67. The van der Waals surface area contributed by atoms with Crippen molar-refractivity contribution in [3.63, 3.8) is 0 Å². The van der Waals surface area contributed by atoms with Crippen molar-refractivity contribution in [1.29, 1.82) is 5.26 Å². The van der Waals surface area contributed by atoms with Crippen LogP contribution in [0, 0.1) is 11.3 Å². The lowest BCUT2D eigenvalue weighted by Gasteiger charge is -2.34. The molecule has 0 unspecified atom stereocenters. The van der Waals surface area contributed by atoms with Gasteiger partial charge in [0.2, 0.25) is 15.9 Å². The van der Waals surface area contributed by atoms with Crippen LogP contribution in [0.15, 0.2) is 83.8 Å². The van der Waals surface area contributed by atoms with E-state index in [9.17, 15) is 13.2 Å². The number of imidazole rings is 1. The Morgan fingerprint density at radius 3 is 2.25 bits per heavy atom. The Morgan fingerprint density at radius 2 is 1.56 bits per heavy atom. The summed E-state index contributed by atoms with van der Waals surface area (Å²) in [6, 6.07) is 25.8. The molecule has 1 aliphatic rings. The molecule has 0 spiro atoms. The number of sulfonamides is 1. The Balaban J connectivity index is 1.25. The van der Waals surface area contributed by atoms with Crippen molar-refractivity contribution in [3.8, 4) is 11.8 Å². The van der Waals surface area contributed by atoms with Crippen LogP contribution in [-0.2, 0) is 21.2 Å². The number of para-hydroxylation sites is 3. The number of aromatic nitrogens is 2. The molecule has 0 aliphatic carbocycles. The molecule has 0 N–H and O–H groups in total. The average molecular weight is 500 g/mol. The first-order chi connectivity index (χ1) is 17.5. The SMILES string of the molecule is N#Cc1ccc(S(=O)(=O)N2CCN(C(=O)CCc3nc4ccccc4n3-c3ccccc3)CC2)cc1. The van der Waals surface area contributed by atoms with Crippen LogP contribution in [0.25, 0.3) is 16.7 Å². The minimum atomic E-state index is -3.67. The molecule has 5 rings (SSSR count). The number of hydrogen-bond donors (Lipinski definition) is 0. The molecule has 4 aromatic rings. The summed E-state index contributed by atoms with van der Waals surface area (Å²) >= 11 is 0. The maximum absolute atomic E-state index is 13.0. The van der Waals surface area contributed by atoms with Crippen molar-refractivity contribution in [2.45, 2.75) is 17.7 Å². The second-order valence-corrected chi connectivity index (χ2v) is 10.5. The molecule has 1 aromatic heterocycles. The standard InChI is InChI=1S/C27H25N5O3S/c28-20-21-10-12-23(13-11-21)36(34,35)31-18-16-30(17-19-31)27(33)15-14-26-29-24-8-4-5-9-25(24)32(26)22-6-2-1-3-7-22/h1-13H,14-19H2. The van der Waals surface area contributed by atoms with E-state index in [1.54, 1.807) is 4.90 Å². The summed E-state index contributed by atoms with van der Waals surface area (Å²) in [6.07, 6.45) is 0.769. The number of fused-ring (bicyclic) bond motifs is 1. The third-order valence-corrected chi connectivity index (χ3v) is 8.33. The van der Waals surface area contributed by atoms with E-state index in [1.165, 1.54) is 28.6 Å². The molecule has 9 heteroatoms. The number of aryl methyl sites for hydroxylation is 1. The molecule has 182 valence electrons. The van der Waals surface area contributed by atoms with Gasteiger partial charge in [0.1, 0.15) is 5.82 Å². The number of carbonyl (C=O) groups excluding carboxylic acids is 1. The lowest BCUT2D eigenvalue weighted by atomic mass is 10.2. The average Bonchev–Trinajstić information content (AvgIpc) is 3.30. The maximum atomic E-state index is 13.0. The van der Waals surface area contributed by atoms with Crippen LogP contribution in [0.2, 0.25) is 0 Å². The summed E-state index contributed by atoms with van der Waals surface area (Å²) < 4.78 is 29.4. The van der Waals surface area contributed by atoms with Crippen molar-refractivity contribution in [3.05, 3.63) is 90.3 Å². The van der Waals surface area contributed by atoms with Crippen molar-refractivity contribution in [1.82, 2.24) is 18.8 Å². The van der Waals surface area contributed by atoms with Crippen molar-refractivity contribution < 1.29 is 13.2 Å². The maximum Gasteiger partial charge on any atom is 0.243 e. The molecule has 1 aliphatic heterocycles. The summed E-state index contributed by atoms with van der Waals surface area (Å²) in [5.41, 5.74) is 3.28. The first kappa shape index (κ1) is 23.7. The Bertz CT molecular complexity index is 1530. The quantitative estimate of drug-likeness (QED) is 0.405. The fourth-order valence-electron chi connectivity index (χ4n) is 4.51. The van der Waals surface area contributed by atoms with Gasteiger partial charge in [0.05, 0.1) is 27.6 Å². The van der Waals surface area contributed by atoms with Crippen LogP contribution in [0.4, 0.5) is 0 Å². The molecule has 0 radical (unpaired) electrons. The second kappa shape index (κ2) is 9.93. The van der Waals surface area contributed by atoms with E-state index in [-0.39, 0.29) is 23.9 Å². The van der Waals surface area contributed by atoms with Crippen LogP contribution in [0.1, 0.15) is 17.8 Å². The second-order valence-electron chi connectivity index (χ2n) is 8.61. The highest BCUT2D eigenvalue weighted by molar-refractivity contribution is 7.89. The smallest absolute Gasteiger partial charge is 0.243 e. The Kier molecular flexibility index (Phi) is 6.55. The van der Waals surface area contributed by atoms with Crippen LogP contribution < -0.4 is 0 Å². The van der Waals surface area contributed by atoms with E-state index in [0.29, 0.717) is 31.5 Å². The molecule has 1 amide bonds. The first-order valence-electron chi connectivity index (χ1n) is 11.8. The van der Waals surface area contributed by atoms with E-state index in [0.717, 1.165) is 22.5 Å². The molecule has 0 atom stereocenters. The van der Waals surface area contributed by atoms with Gasteiger partial charge in [-0.15, -0.1) is 0 Å². The molecule has 8 nitrogen and oxygen atoms in total. The van der Waals surface area contributed by atoms with Gasteiger partial charge in [-0.2, -0.15) is 9.57 Å². The summed E-state index contributed by atoms with van der Waals surface area (Å²) in [5.74, 6) is 0.801. The Labute approximate surface area is 210 Å². The Morgan fingerprint density at radius 1 is 0.889 bits per heavy atom. The van der Waals surface area contributed by atoms with E-state index in [1.807, 2.05) is 60.7 Å². The lowest BCUT2D eigenvalue weighted by Crippen LogP contribution is -2.50. The van der Waals surface area contributed by atoms with Gasteiger partial charge in [-0.3, -0.25) is 9.36 Å². The van der Waals surface area contributed by atoms with E-state index in [2.05, 4.69) is 4.57 Å². The highest BCUT2D eigenvalue weighted by Gasteiger charge is 2.30. The normalized spacial score (nSPS) is 14.6. The largest absolute Gasteiger partial charge is 0.340 e. The molecule has 1 saturated heterocycles. The highest BCUT2D eigenvalue weighted by Crippen LogP contribution is 2.23. The predicted molar refractivity (Wildman–Crippen MR) is 136 cm³/mol. The lowest BCUT2D eigenvalue weighted by molar-refractivity contribution is -0.132. The number of piperazine rings is 1. The molecule has 1 fully saturated rings. The van der Waals surface area contributed by atoms with Gasteiger partial charge >= 0.3 is 0 Å². The molecule has 0 saturated carbocycles. The van der Waals surface area contributed by atoms with Crippen molar-refractivity contribution >= 4 is 27.0 Å². The number of benzene rings is 3. The van der Waals surface area contributed by atoms with Gasteiger partial charge in [-0.25, -0.2) is 13.4 Å². The van der Waals surface area contributed by atoms with E-state index < -0.39 is 10.0 Å². The zero-order valence-corrected chi connectivity index (χ0v) is 20.4. The molecular weight excluding hydrogens is 474 g/mol. The van der Waals surface area contributed by atoms with Gasteiger partial charge in [0.25, 0.3) is 0 Å². The monoisotopic (exact) mass is 499 g/mol. The third-order valence-electron chi connectivity index (χ3n) is 6.42. The Hall–Kier alpha value is -4.00. The van der Waals surface area contributed by atoms with Crippen molar-refractivity contribution in [2.75, 3.05) is 26.2 Å². The predicted octanol–water partition coefficient (Wildman–Crippen LogP) is 3.36. The number of rotatable bonds is 6. The van der Waals surface area contributed by atoms with Crippen LogP contribution in [0.5, 0.6) is 0 Å². The highest BCUT2D eigenvalue weighted by atomic mass is 32.2. The fraction of sp³-hybridized carbons (Fsp3) is 0.222. The zero-order valence-electron chi connectivity index (χ0n) is 19.6.